The molecule has 166 valence electrons. The van der Waals surface area contributed by atoms with Crippen molar-refractivity contribution in [3.05, 3.63) is 48.8 Å². The first-order valence-corrected chi connectivity index (χ1v) is 10.6. The molecule has 2 aromatic rings. The molecule has 0 bridgehead atoms. The van der Waals surface area contributed by atoms with Crippen LogP contribution in [-0.4, -0.2) is 53.2 Å². The lowest BCUT2D eigenvalue weighted by atomic mass is 9.93. The molecule has 0 spiro atoms. The van der Waals surface area contributed by atoms with Gasteiger partial charge in [0.1, 0.15) is 11.6 Å². The number of imidazole rings is 1. The van der Waals surface area contributed by atoms with Gasteiger partial charge in [-0.15, -0.1) is 24.0 Å². The summed E-state index contributed by atoms with van der Waals surface area (Å²) in [6, 6.07) is 6.56. The molecule has 1 aromatic heterocycles. The van der Waals surface area contributed by atoms with E-state index in [1.807, 2.05) is 12.5 Å². The SMILES string of the molecule is CCNC(=NCCCCOc1ccc(F)cc1)N1CCC(C)C(n2ccnc2)C1.I. The molecule has 2 heterocycles. The van der Waals surface area contributed by atoms with Gasteiger partial charge in [-0.2, -0.15) is 0 Å². The summed E-state index contributed by atoms with van der Waals surface area (Å²) in [4.78, 5) is 11.4. The van der Waals surface area contributed by atoms with Crippen LogP contribution in [0.25, 0.3) is 0 Å². The van der Waals surface area contributed by atoms with Crippen molar-refractivity contribution in [3.8, 4) is 5.75 Å². The van der Waals surface area contributed by atoms with Gasteiger partial charge in [-0.05, 0) is 56.4 Å². The van der Waals surface area contributed by atoms with Crippen molar-refractivity contribution in [1.82, 2.24) is 19.8 Å². The standard InChI is InChI=1S/C22H32FN5O.HI/c1-3-25-22(26-11-4-5-15-29-20-8-6-19(23)7-9-20)27-13-10-18(2)21(16-27)28-14-12-24-17-28;/h6-9,12,14,17-18,21H,3-5,10-11,13,15-16H2,1-2H3,(H,25,26);1H. The Morgan fingerprint density at radius 2 is 2.10 bits per heavy atom. The fourth-order valence-corrected chi connectivity index (χ4v) is 3.64. The van der Waals surface area contributed by atoms with E-state index in [1.165, 1.54) is 12.1 Å². The summed E-state index contributed by atoms with van der Waals surface area (Å²) < 4.78 is 20.8. The second kappa shape index (κ2) is 12.8. The third-order valence-corrected chi connectivity index (χ3v) is 5.36. The zero-order valence-corrected chi connectivity index (χ0v) is 20.2. The molecule has 0 radical (unpaired) electrons. The van der Waals surface area contributed by atoms with E-state index in [4.69, 9.17) is 9.73 Å². The van der Waals surface area contributed by atoms with Gasteiger partial charge in [-0.1, -0.05) is 6.92 Å². The Balaban J connectivity index is 0.00000320. The van der Waals surface area contributed by atoms with Gasteiger partial charge in [-0.25, -0.2) is 9.37 Å². The topological polar surface area (TPSA) is 54.7 Å². The van der Waals surface area contributed by atoms with Gasteiger partial charge in [-0.3, -0.25) is 4.99 Å². The zero-order chi connectivity index (χ0) is 20.5. The molecule has 1 aliphatic heterocycles. The van der Waals surface area contributed by atoms with Crippen LogP contribution >= 0.6 is 24.0 Å². The predicted octanol–water partition coefficient (Wildman–Crippen LogP) is 4.35. The Labute approximate surface area is 195 Å². The molecule has 3 rings (SSSR count). The summed E-state index contributed by atoms with van der Waals surface area (Å²) in [5, 5.41) is 3.44. The van der Waals surface area contributed by atoms with E-state index in [0.717, 1.165) is 51.4 Å². The number of halogens is 2. The van der Waals surface area contributed by atoms with Crippen LogP contribution in [0.15, 0.2) is 48.0 Å². The fourth-order valence-electron chi connectivity index (χ4n) is 3.64. The minimum Gasteiger partial charge on any atom is -0.494 e. The van der Waals surface area contributed by atoms with Gasteiger partial charge in [0.05, 0.1) is 19.0 Å². The van der Waals surface area contributed by atoms with Gasteiger partial charge >= 0.3 is 0 Å². The molecule has 0 aliphatic carbocycles. The maximum atomic E-state index is 12.9. The Morgan fingerprint density at radius 3 is 2.80 bits per heavy atom. The molecule has 2 unspecified atom stereocenters. The van der Waals surface area contributed by atoms with Crippen LogP contribution in [0, 0.1) is 11.7 Å². The van der Waals surface area contributed by atoms with Crippen LogP contribution in [0.4, 0.5) is 4.39 Å². The van der Waals surface area contributed by atoms with E-state index < -0.39 is 0 Å². The van der Waals surface area contributed by atoms with E-state index in [-0.39, 0.29) is 29.8 Å². The number of likely N-dealkylation sites (tertiary alicyclic amines) is 1. The molecule has 8 heteroatoms. The molecular weight excluding hydrogens is 496 g/mol. The average molecular weight is 529 g/mol. The summed E-state index contributed by atoms with van der Waals surface area (Å²) >= 11 is 0. The first-order valence-electron chi connectivity index (χ1n) is 10.6. The number of aliphatic imine (C=N–C) groups is 1. The molecular formula is C22H33FIN5O. The lowest BCUT2D eigenvalue weighted by molar-refractivity contribution is 0.189. The second-order valence-corrected chi connectivity index (χ2v) is 7.53. The van der Waals surface area contributed by atoms with Crippen LogP contribution < -0.4 is 10.1 Å². The zero-order valence-electron chi connectivity index (χ0n) is 17.8. The number of nitrogens with zero attached hydrogens (tertiary/aromatic N) is 4. The largest absolute Gasteiger partial charge is 0.494 e. The van der Waals surface area contributed by atoms with E-state index in [9.17, 15) is 4.39 Å². The van der Waals surface area contributed by atoms with Crippen molar-refractivity contribution in [1.29, 1.82) is 0 Å². The van der Waals surface area contributed by atoms with E-state index in [1.54, 1.807) is 12.1 Å². The molecule has 0 amide bonds. The van der Waals surface area contributed by atoms with Crippen LogP contribution in [-0.2, 0) is 0 Å². The van der Waals surface area contributed by atoms with Gasteiger partial charge in [0.2, 0.25) is 0 Å². The Hall–Kier alpha value is -1.84. The summed E-state index contributed by atoms with van der Waals surface area (Å²) in [7, 11) is 0. The van der Waals surface area contributed by atoms with Gasteiger partial charge in [0.25, 0.3) is 0 Å². The molecule has 1 aromatic carbocycles. The first-order chi connectivity index (χ1) is 14.2. The molecule has 0 saturated carbocycles. The second-order valence-electron chi connectivity index (χ2n) is 7.53. The number of guanidine groups is 1. The predicted molar refractivity (Wildman–Crippen MR) is 129 cm³/mol. The van der Waals surface area contributed by atoms with E-state index in [2.05, 4.69) is 39.8 Å². The molecule has 2 atom stereocenters. The van der Waals surface area contributed by atoms with Crippen LogP contribution in [0.5, 0.6) is 5.75 Å². The van der Waals surface area contributed by atoms with Crippen molar-refractivity contribution < 1.29 is 9.13 Å². The number of unbranched alkanes of at least 4 members (excludes halogenated alkanes) is 1. The van der Waals surface area contributed by atoms with Crippen molar-refractivity contribution in [2.24, 2.45) is 10.9 Å². The highest BCUT2D eigenvalue weighted by molar-refractivity contribution is 14.0. The number of hydrogen-bond acceptors (Lipinski definition) is 3. The quantitative estimate of drug-likeness (QED) is 0.239. The maximum absolute atomic E-state index is 12.9. The third-order valence-electron chi connectivity index (χ3n) is 5.36. The third kappa shape index (κ3) is 7.14. The van der Waals surface area contributed by atoms with Crippen LogP contribution in [0.2, 0.25) is 0 Å². The van der Waals surface area contributed by atoms with Crippen molar-refractivity contribution in [3.63, 3.8) is 0 Å². The Morgan fingerprint density at radius 1 is 1.30 bits per heavy atom. The highest BCUT2D eigenvalue weighted by Crippen LogP contribution is 2.27. The Bertz CT molecular complexity index is 753. The monoisotopic (exact) mass is 529 g/mol. The summed E-state index contributed by atoms with van der Waals surface area (Å²) in [6.45, 7) is 8.61. The van der Waals surface area contributed by atoms with Gasteiger partial charge in [0.15, 0.2) is 5.96 Å². The number of piperidine rings is 1. The van der Waals surface area contributed by atoms with E-state index >= 15 is 0 Å². The number of rotatable bonds is 8. The molecule has 1 N–H and O–H groups in total. The smallest absolute Gasteiger partial charge is 0.193 e. The number of aromatic nitrogens is 2. The van der Waals surface area contributed by atoms with E-state index in [0.29, 0.717) is 24.3 Å². The molecule has 30 heavy (non-hydrogen) atoms. The highest BCUT2D eigenvalue weighted by atomic mass is 127. The Kier molecular flexibility index (Phi) is 10.4. The first kappa shape index (κ1) is 24.4. The number of benzene rings is 1. The van der Waals surface area contributed by atoms with Crippen molar-refractivity contribution in [2.45, 2.75) is 39.2 Å². The summed E-state index contributed by atoms with van der Waals surface area (Å²) in [5.74, 6) is 2.07. The van der Waals surface area contributed by atoms with Crippen molar-refractivity contribution in [2.75, 3.05) is 32.8 Å². The lowest BCUT2D eigenvalue weighted by Crippen LogP contribution is -2.49. The molecule has 6 nitrogen and oxygen atoms in total. The summed E-state index contributed by atoms with van der Waals surface area (Å²) in [5.41, 5.74) is 0. The number of ether oxygens (including phenoxy) is 1. The highest BCUT2D eigenvalue weighted by Gasteiger charge is 2.28. The maximum Gasteiger partial charge on any atom is 0.193 e. The average Bonchev–Trinajstić information content (AvgIpc) is 3.26. The minimum absolute atomic E-state index is 0. The lowest BCUT2D eigenvalue weighted by Gasteiger charge is -2.39. The number of hydrogen-bond donors (Lipinski definition) is 1. The minimum atomic E-state index is -0.245. The number of nitrogens with one attached hydrogen (secondary N) is 1. The van der Waals surface area contributed by atoms with Crippen molar-refractivity contribution >= 4 is 29.9 Å². The van der Waals surface area contributed by atoms with Crippen LogP contribution in [0.3, 0.4) is 0 Å². The normalized spacial score (nSPS) is 19.3. The summed E-state index contributed by atoms with van der Waals surface area (Å²) in [6.07, 6.45) is 8.81. The molecule has 1 aliphatic rings. The van der Waals surface area contributed by atoms with Gasteiger partial charge in [0, 0.05) is 38.6 Å². The molecule has 1 fully saturated rings. The fraction of sp³-hybridized carbons (Fsp3) is 0.545. The molecule has 1 saturated heterocycles. The van der Waals surface area contributed by atoms with Gasteiger partial charge < -0.3 is 19.5 Å². The van der Waals surface area contributed by atoms with Crippen LogP contribution in [0.1, 0.15) is 39.2 Å².